The highest BCUT2D eigenvalue weighted by Crippen LogP contribution is 2.29. The molecule has 0 radical (unpaired) electrons. The minimum Gasteiger partial charge on any atom is -0.494 e. The topological polar surface area (TPSA) is 48.1 Å². The minimum atomic E-state index is -0.284. The van der Waals surface area contributed by atoms with E-state index >= 15 is 0 Å². The number of aromatic nitrogens is 1. The molecule has 0 bridgehead atoms. The summed E-state index contributed by atoms with van der Waals surface area (Å²) in [6.45, 7) is 3.65. The molecule has 0 unspecified atom stereocenters. The Bertz CT molecular complexity index is 355. The third-order valence-electron chi connectivity index (χ3n) is 1.70. The molecule has 3 nitrogen and oxygen atoms in total. The second-order valence-electron chi connectivity index (χ2n) is 2.61. The molecule has 2 N–H and O–H groups in total. The van der Waals surface area contributed by atoms with E-state index in [0.717, 1.165) is 18.7 Å². The first kappa shape index (κ1) is 12.2. The molecule has 1 heterocycles. The van der Waals surface area contributed by atoms with Gasteiger partial charge in [-0.3, -0.25) is 0 Å². The summed E-state index contributed by atoms with van der Waals surface area (Å²) < 4.78 is 7.17. The van der Waals surface area contributed by atoms with Gasteiger partial charge in [0.15, 0.2) is 5.75 Å². The molecular formula is C9H10I2N2O. The number of halogens is 2. The van der Waals surface area contributed by atoms with Crippen LogP contribution in [0.5, 0.6) is 5.75 Å². The van der Waals surface area contributed by atoms with Crippen molar-refractivity contribution in [3.8, 4) is 5.75 Å². The molecule has 0 saturated carbocycles. The van der Waals surface area contributed by atoms with Gasteiger partial charge in [-0.25, -0.2) is 4.98 Å². The summed E-state index contributed by atoms with van der Waals surface area (Å²) in [6, 6.07) is 1.66. The van der Waals surface area contributed by atoms with E-state index in [4.69, 9.17) is 10.5 Å². The minimum absolute atomic E-state index is 0.284. The molecule has 14 heavy (non-hydrogen) atoms. The number of nitrogens with zero attached hydrogens (tertiary/aromatic N) is 1. The molecule has 76 valence electrons. The number of rotatable bonds is 3. The summed E-state index contributed by atoms with van der Waals surface area (Å²) in [6.07, 6.45) is 1.65. The largest absolute Gasteiger partial charge is 0.494 e. The molecule has 0 amide bonds. The van der Waals surface area contributed by atoms with Crippen LogP contribution in [0, 0.1) is 7.27 Å². The highest BCUT2D eigenvalue weighted by molar-refractivity contribution is 14.1. The molecule has 0 fully saturated rings. The zero-order valence-corrected chi connectivity index (χ0v) is 11.9. The van der Waals surface area contributed by atoms with E-state index < -0.39 is 0 Å². The third kappa shape index (κ3) is 2.57. The van der Waals surface area contributed by atoms with Crippen molar-refractivity contribution < 1.29 is 4.74 Å². The van der Waals surface area contributed by atoms with Crippen molar-refractivity contribution in [2.24, 2.45) is 5.73 Å². The van der Waals surface area contributed by atoms with Crippen LogP contribution < -0.4 is 10.5 Å². The van der Waals surface area contributed by atoms with Crippen LogP contribution in [0.2, 0.25) is 0 Å². The van der Waals surface area contributed by atoms with Crippen molar-refractivity contribution in [2.75, 3.05) is 7.11 Å². The second kappa shape index (κ2) is 5.26. The van der Waals surface area contributed by atoms with Gasteiger partial charge >= 0.3 is 0 Å². The number of hydrogen-bond donors (Lipinski definition) is 1. The lowest BCUT2D eigenvalue weighted by molar-refractivity contribution is 0.401. The number of pyridine rings is 1. The van der Waals surface area contributed by atoms with Crippen LogP contribution in [0.15, 0.2) is 18.7 Å². The molecule has 0 spiro atoms. The van der Waals surface area contributed by atoms with Gasteiger partial charge in [-0.1, -0.05) is 6.08 Å². The van der Waals surface area contributed by atoms with Gasteiger partial charge in [-0.2, -0.15) is 0 Å². The summed E-state index contributed by atoms with van der Waals surface area (Å²) in [7, 11) is 1.62. The molecule has 1 aromatic rings. The first-order chi connectivity index (χ1) is 6.60. The fourth-order valence-electron chi connectivity index (χ4n) is 1.03. The Morgan fingerprint density at radius 3 is 2.79 bits per heavy atom. The smallest absolute Gasteiger partial charge is 0.155 e. The fraction of sp³-hybridized carbons (Fsp3) is 0.222. The maximum absolute atomic E-state index is 5.84. The van der Waals surface area contributed by atoms with Gasteiger partial charge in [0.25, 0.3) is 0 Å². The number of methoxy groups -OCH3 is 1. The fourth-order valence-corrected chi connectivity index (χ4v) is 2.99. The van der Waals surface area contributed by atoms with E-state index in [2.05, 4.69) is 56.7 Å². The zero-order valence-electron chi connectivity index (χ0n) is 7.63. The maximum Gasteiger partial charge on any atom is 0.155 e. The van der Waals surface area contributed by atoms with E-state index in [-0.39, 0.29) is 6.04 Å². The molecule has 0 aliphatic rings. The van der Waals surface area contributed by atoms with E-state index in [0.29, 0.717) is 0 Å². The van der Waals surface area contributed by atoms with Crippen molar-refractivity contribution >= 4 is 45.2 Å². The van der Waals surface area contributed by atoms with E-state index in [9.17, 15) is 0 Å². The summed E-state index contributed by atoms with van der Waals surface area (Å²) in [5, 5.41) is 0. The van der Waals surface area contributed by atoms with Crippen molar-refractivity contribution in [3.63, 3.8) is 0 Å². The molecule has 1 rings (SSSR count). The predicted molar refractivity (Wildman–Crippen MR) is 73.3 cm³/mol. The molecule has 0 saturated heterocycles. The Morgan fingerprint density at radius 2 is 2.29 bits per heavy atom. The molecular weight excluding hydrogens is 406 g/mol. The quantitative estimate of drug-likeness (QED) is 0.468. The third-order valence-corrected chi connectivity index (χ3v) is 3.05. The average Bonchev–Trinajstić information content (AvgIpc) is 2.15. The number of nitrogens with two attached hydrogens (primary N) is 1. The van der Waals surface area contributed by atoms with Gasteiger partial charge in [0.2, 0.25) is 0 Å². The van der Waals surface area contributed by atoms with Crippen molar-refractivity contribution in [3.05, 3.63) is 31.7 Å². The van der Waals surface area contributed by atoms with Crippen LogP contribution in [-0.2, 0) is 0 Å². The Morgan fingerprint density at radius 1 is 1.64 bits per heavy atom. The Balaban J connectivity index is 3.31. The molecule has 1 atom stereocenters. The molecule has 0 aliphatic carbocycles. The van der Waals surface area contributed by atoms with Gasteiger partial charge in [0.05, 0.1) is 16.7 Å². The van der Waals surface area contributed by atoms with Crippen LogP contribution in [-0.4, -0.2) is 12.1 Å². The van der Waals surface area contributed by atoms with Gasteiger partial charge in [-0.05, 0) is 51.2 Å². The lowest BCUT2D eigenvalue weighted by Crippen LogP contribution is -2.12. The van der Waals surface area contributed by atoms with E-state index in [1.807, 2.05) is 6.07 Å². The van der Waals surface area contributed by atoms with Crippen molar-refractivity contribution in [1.82, 2.24) is 4.98 Å². The van der Waals surface area contributed by atoms with Gasteiger partial charge < -0.3 is 10.5 Å². The monoisotopic (exact) mass is 416 g/mol. The number of hydrogen-bond acceptors (Lipinski definition) is 3. The molecule has 5 heteroatoms. The first-order valence-electron chi connectivity index (χ1n) is 3.88. The van der Waals surface area contributed by atoms with Crippen LogP contribution in [0.4, 0.5) is 0 Å². The first-order valence-corrected chi connectivity index (χ1v) is 6.04. The van der Waals surface area contributed by atoms with Crippen molar-refractivity contribution in [2.45, 2.75) is 6.04 Å². The van der Waals surface area contributed by atoms with Crippen molar-refractivity contribution in [1.29, 1.82) is 0 Å². The van der Waals surface area contributed by atoms with E-state index in [1.54, 1.807) is 13.2 Å². The second-order valence-corrected chi connectivity index (χ2v) is 4.87. The predicted octanol–water partition coefficient (Wildman–Crippen LogP) is 2.49. The van der Waals surface area contributed by atoms with Gasteiger partial charge in [0, 0.05) is 0 Å². The standard InChI is InChI=1S/C9H10I2N2O/c1-3-6(12)8-9(14-2)5(10)4-7(11)13-8/h3-4,6H,1,12H2,2H3/t6-/m1/s1. The van der Waals surface area contributed by atoms with Gasteiger partial charge in [0.1, 0.15) is 9.39 Å². The maximum atomic E-state index is 5.84. The summed E-state index contributed by atoms with van der Waals surface area (Å²) in [5.41, 5.74) is 6.58. The summed E-state index contributed by atoms with van der Waals surface area (Å²) in [4.78, 5) is 4.34. The van der Waals surface area contributed by atoms with Gasteiger partial charge in [-0.15, -0.1) is 6.58 Å². The lowest BCUT2D eigenvalue weighted by atomic mass is 10.2. The average molecular weight is 416 g/mol. The Labute approximate surface area is 110 Å². The summed E-state index contributed by atoms with van der Waals surface area (Å²) >= 11 is 4.35. The van der Waals surface area contributed by atoms with Crippen LogP contribution >= 0.6 is 45.2 Å². The highest BCUT2D eigenvalue weighted by Gasteiger charge is 2.14. The SMILES string of the molecule is C=C[C@@H](N)c1nc(I)cc(I)c1OC. The Kier molecular flexibility index (Phi) is 4.58. The number of ether oxygens (including phenoxy) is 1. The van der Waals surface area contributed by atoms with Crippen LogP contribution in [0.1, 0.15) is 11.7 Å². The van der Waals surface area contributed by atoms with E-state index in [1.165, 1.54) is 0 Å². The Hall–Kier alpha value is 0.110. The molecule has 0 aromatic carbocycles. The molecule has 0 aliphatic heterocycles. The summed E-state index contributed by atoms with van der Waals surface area (Å²) in [5.74, 6) is 0.735. The highest BCUT2D eigenvalue weighted by atomic mass is 127. The normalized spacial score (nSPS) is 12.3. The zero-order chi connectivity index (χ0) is 10.7. The lowest BCUT2D eigenvalue weighted by Gasteiger charge is -2.13. The van der Waals surface area contributed by atoms with Crippen LogP contribution in [0.3, 0.4) is 0 Å². The van der Waals surface area contributed by atoms with Crippen LogP contribution in [0.25, 0.3) is 0 Å². The molecule has 1 aromatic heterocycles.